The van der Waals surface area contributed by atoms with Gasteiger partial charge in [-0.1, -0.05) is 13.3 Å². The molecule has 2 N–H and O–H groups in total. The molecule has 0 atom stereocenters. The number of nitrogens with two attached hydrogens (primary N) is 1. The monoisotopic (exact) mass is 262 g/mol. The van der Waals surface area contributed by atoms with Crippen LogP contribution >= 0.6 is 0 Å². The van der Waals surface area contributed by atoms with Gasteiger partial charge in [-0.15, -0.1) is 0 Å². The van der Waals surface area contributed by atoms with Crippen molar-refractivity contribution in [2.24, 2.45) is 5.73 Å². The van der Waals surface area contributed by atoms with Crippen LogP contribution < -0.4 is 10.5 Å². The molecule has 0 aliphatic heterocycles. The maximum atomic E-state index is 12.1. The lowest BCUT2D eigenvalue weighted by Gasteiger charge is -2.14. The molecule has 1 aromatic heterocycles. The van der Waals surface area contributed by atoms with E-state index in [9.17, 15) is 18.0 Å². The zero-order chi connectivity index (χ0) is 13.8. The number of primary amides is 1. The van der Waals surface area contributed by atoms with Crippen LogP contribution in [0.1, 0.15) is 29.4 Å². The van der Waals surface area contributed by atoms with E-state index >= 15 is 0 Å². The molecule has 0 saturated heterocycles. The van der Waals surface area contributed by atoms with Crippen molar-refractivity contribution >= 4 is 5.91 Å². The Morgan fingerprint density at radius 2 is 2.17 bits per heavy atom. The van der Waals surface area contributed by atoms with Crippen molar-refractivity contribution in [1.82, 2.24) is 4.98 Å². The van der Waals surface area contributed by atoms with E-state index in [0.717, 1.165) is 0 Å². The van der Waals surface area contributed by atoms with Crippen LogP contribution in [-0.2, 0) is 6.42 Å². The lowest BCUT2D eigenvalue weighted by molar-refractivity contribution is -0.153. The Morgan fingerprint density at radius 3 is 2.67 bits per heavy atom. The van der Waals surface area contributed by atoms with Crippen LogP contribution in [0.15, 0.2) is 12.3 Å². The van der Waals surface area contributed by atoms with E-state index in [1.54, 1.807) is 0 Å². The second-order valence-electron chi connectivity index (χ2n) is 3.65. The Hall–Kier alpha value is -1.79. The Balaban J connectivity index is 3.02. The summed E-state index contributed by atoms with van der Waals surface area (Å²) < 4.78 is 40.9. The van der Waals surface area contributed by atoms with Gasteiger partial charge in [0.15, 0.2) is 6.61 Å². The lowest BCUT2D eigenvalue weighted by Crippen LogP contribution is -2.21. The fourth-order valence-electron chi connectivity index (χ4n) is 1.47. The molecule has 1 heterocycles. The highest BCUT2D eigenvalue weighted by Gasteiger charge is 2.29. The van der Waals surface area contributed by atoms with Crippen molar-refractivity contribution in [3.05, 3.63) is 23.5 Å². The number of alkyl halides is 3. The minimum atomic E-state index is -4.43. The predicted molar refractivity (Wildman–Crippen MR) is 58.3 cm³/mol. The summed E-state index contributed by atoms with van der Waals surface area (Å²) in [5.41, 5.74) is 5.39. The zero-order valence-electron chi connectivity index (χ0n) is 9.75. The van der Waals surface area contributed by atoms with Gasteiger partial charge in [-0.05, 0) is 12.5 Å². The summed E-state index contributed by atoms with van der Waals surface area (Å²) in [5, 5.41) is 0. The molecule has 1 aromatic rings. The van der Waals surface area contributed by atoms with E-state index in [-0.39, 0.29) is 11.4 Å². The third-order valence-electron chi connectivity index (χ3n) is 2.14. The number of halogens is 3. The van der Waals surface area contributed by atoms with E-state index in [4.69, 9.17) is 5.73 Å². The SMILES string of the molecule is CCCc1c(OCC(F)(F)F)ccnc1C(N)=O. The van der Waals surface area contributed by atoms with Gasteiger partial charge in [0.05, 0.1) is 0 Å². The van der Waals surface area contributed by atoms with Crippen LogP contribution in [-0.4, -0.2) is 23.7 Å². The summed E-state index contributed by atoms with van der Waals surface area (Å²) in [6.07, 6.45) is -2.22. The van der Waals surface area contributed by atoms with Gasteiger partial charge in [0.25, 0.3) is 5.91 Å². The van der Waals surface area contributed by atoms with Gasteiger partial charge in [-0.2, -0.15) is 13.2 Å². The van der Waals surface area contributed by atoms with Crippen molar-refractivity contribution in [2.75, 3.05) is 6.61 Å². The van der Waals surface area contributed by atoms with Crippen LogP contribution in [0.4, 0.5) is 13.2 Å². The number of pyridine rings is 1. The van der Waals surface area contributed by atoms with Gasteiger partial charge in [0.1, 0.15) is 11.4 Å². The summed E-state index contributed by atoms with van der Waals surface area (Å²) in [4.78, 5) is 14.9. The van der Waals surface area contributed by atoms with E-state index < -0.39 is 18.7 Å². The number of nitrogens with zero attached hydrogens (tertiary/aromatic N) is 1. The van der Waals surface area contributed by atoms with Crippen LogP contribution in [0.2, 0.25) is 0 Å². The van der Waals surface area contributed by atoms with E-state index in [0.29, 0.717) is 18.4 Å². The summed E-state index contributed by atoms with van der Waals surface area (Å²) >= 11 is 0. The van der Waals surface area contributed by atoms with E-state index in [1.807, 2.05) is 6.92 Å². The molecule has 0 fully saturated rings. The van der Waals surface area contributed by atoms with Gasteiger partial charge in [-0.25, -0.2) is 0 Å². The summed E-state index contributed by atoms with van der Waals surface area (Å²) in [6.45, 7) is 0.414. The van der Waals surface area contributed by atoms with Crippen molar-refractivity contribution in [3.63, 3.8) is 0 Å². The minimum Gasteiger partial charge on any atom is -0.484 e. The fraction of sp³-hybridized carbons (Fsp3) is 0.455. The summed E-state index contributed by atoms with van der Waals surface area (Å²) in [6, 6.07) is 1.29. The molecule has 0 saturated carbocycles. The van der Waals surface area contributed by atoms with Crippen molar-refractivity contribution in [1.29, 1.82) is 0 Å². The molecule has 18 heavy (non-hydrogen) atoms. The quantitative estimate of drug-likeness (QED) is 0.883. The van der Waals surface area contributed by atoms with Crippen LogP contribution in [0.3, 0.4) is 0 Å². The first kappa shape index (κ1) is 14.3. The highest BCUT2D eigenvalue weighted by molar-refractivity contribution is 5.92. The number of aromatic nitrogens is 1. The smallest absolute Gasteiger partial charge is 0.422 e. The highest BCUT2D eigenvalue weighted by Crippen LogP contribution is 2.25. The first-order valence-corrected chi connectivity index (χ1v) is 5.32. The van der Waals surface area contributed by atoms with Crippen molar-refractivity contribution in [3.8, 4) is 5.75 Å². The van der Waals surface area contributed by atoms with Crippen LogP contribution in [0.5, 0.6) is 5.75 Å². The highest BCUT2D eigenvalue weighted by atomic mass is 19.4. The Kier molecular flexibility index (Phi) is 4.52. The molecule has 1 amide bonds. The second kappa shape index (κ2) is 5.70. The second-order valence-corrected chi connectivity index (χ2v) is 3.65. The first-order valence-electron chi connectivity index (χ1n) is 5.32. The molecule has 0 unspecified atom stereocenters. The number of carbonyl (C=O) groups excluding carboxylic acids is 1. The Morgan fingerprint density at radius 1 is 1.50 bits per heavy atom. The summed E-state index contributed by atoms with van der Waals surface area (Å²) in [5.74, 6) is -0.783. The van der Waals surface area contributed by atoms with Gasteiger partial charge < -0.3 is 10.5 Å². The standard InChI is InChI=1S/C11H13F3N2O2/c1-2-3-7-8(18-6-11(12,13)14)4-5-16-9(7)10(15)17/h4-5H,2-3,6H2,1H3,(H2,15,17). The number of ether oxygens (including phenoxy) is 1. The first-order chi connectivity index (χ1) is 8.35. The van der Waals surface area contributed by atoms with Crippen molar-refractivity contribution < 1.29 is 22.7 Å². The molecular weight excluding hydrogens is 249 g/mol. The average molecular weight is 262 g/mol. The molecule has 7 heteroatoms. The summed E-state index contributed by atoms with van der Waals surface area (Å²) in [7, 11) is 0. The minimum absolute atomic E-state index is 0.00187. The van der Waals surface area contributed by atoms with Gasteiger partial charge in [0, 0.05) is 11.8 Å². The number of rotatable bonds is 5. The largest absolute Gasteiger partial charge is 0.484 e. The molecule has 1 rings (SSSR count). The molecule has 0 radical (unpaired) electrons. The zero-order valence-corrected chi connectivity index (χ0v) is 9.75. The number of hydrogen-bond acceptors (Lipinski definition) is 3. The van der Waals surface area contributed by atoms with E-state index in [2.05, 4.69) is 9.72 Å². The number of hydrogen-bond donors (Lipinski definition) is 1. The molecule has 100 valence electrons. The van der Waals surface area contributed by atoms with Crippen molar-refractivity contribution in [2.45, 2.75) is 25.9 Å². The topological polar surface area (TPSA) is 65.2 Å². The molecule has 0 bridgehead atoms. The Labute approximate surface area is 102 Å². The third kappa shape index (κ3) is 3.90. The maximum Gasteiger partial charge on any atom is 0.422 e. The molecule has 0 spiro atoms. The molecular formula is C11H13F3N2O2. The van der Waals surface area contributed by atoms with Gasteiger partial charge in [0.2, 0.25) is 0 Å². The van der Waals surface area contributed by atoms with Gasteiger partial charge >= 0.3 is 6.18 Å². The molecule has 0 aliphatic rings. The normalized spacial score (nSPS) is 11.3. The van der Waals surface area contributed by atoms with Crippen LogP contribution in [0, 0.1) is 0 Å². The number of carbonyl (C=O) groups is 1. The molecule has 0 aliphatic carbocycles. The lowest BCUT2D eigenvalue weighted by atomic mass is 10.1. The fourth-order valence-corrected chi connectivity index (χ4v) is 1.47. The maximum absolute atomic E-state index is 12.1. The predicted octanol–water partition coefficient (Wildman–Crippen LogP) is 2.07. The average Bonchev–Trinajstić information content (AvgIpc) is 2.26. The molecule has 4 nitrogen and oxygen atoms in total. The number of amides is 1. The van der Waals surface area contributed by atoms with Crippen LogP contribution in [0.25, 0.3) is 0 Å². The Bertz CT molecular complexity index is 433. The third-order valence-corrected chi connectivity index (χ3v) is 2.14. The van der Waals surface area contributed by atoms with E-state index in [1.165, 1.54) is 12.3 Å². The molecule has 0 aromatic carbocycles. The van der Waals surface area contributed by atoms with Gasteiger partial charge in [-0.3, -0.25) is 9.78 Å².